The summed E-state index contributed by atoms with van der Waals surface area (Å²) in [7, 11) is 0. The van der Waals surface area contributed by atoms with Crippen LogP contribution in [0.3, 0.4) is 0 Å². The molecule has 0 aromatic heterocycles. The first-order chi connectivity index (χ1) is 14.6. The number of hydrogen-bond donors (Lipinski definition) is 1. The molecule has 0 aliphatic carbocycles. The quantitative estimate of drug-likeness (QED) is 0.558. The van der Waals surface area contributed by atoms with Crippen molar-refractivity contribution in [3.05, 3.63) is 71.8 Å². The van der Waals surface area contributed by atoms with E-state index in [-0.39, 0.29) is 11.8 Å². The fraction of sp³-hybridized carbons (Fsp3) is 0.292. The number of hydrogen-bond acceptors (Lipinski definition) is 4. The third-order valence-electron chi connectivity index (χ3n) is 4.91. The normalized spacial score (nSPS) is 15.1. The van der Waals surface area contributed by atoms with Crippen LogP contribution in [0.25, 0.3) is 6.08 Å². The molecule has 0 radical (unpaired) electrons. The molecular weight excluding hydrogens is 380 g/mol. The lowest BCUT2D eigenvalue weighted by Crippen LogP contribution is -2.43. The molecule has 2 aromatic carbocycles. The van der Waals surface area contributed by atoms with E-state index >= 15 is 0 Å². The second kappa shape index (κ2) is 10.4. The zero-order chi connectivity index (χ0) is 21.3. The minimum Gasteiger partial charge on any atom is -0.463 e. The molecule has 1 unspecified atom stereocenters. The predicted molar refractivity (Wildman–Crippen MR) is 115 cm³/mol. The van der Waals surface area contributed by atoms with Crippen LogP contribution in [0.15, 0.2) is 60.7 Å². The zero-order valence-electron chi connectivity index (χ0n) is 17.0. The number of ether oxygens (including phenoxy) is 1. The SMILES string of the molecule is CCOC(=O)/C=C/c1ccc(NC(=O)C(c2ccccc2)N2CCCCC2=O)cc1. The van der Waals surface area contributed by atoms with Gasteiger partial charge in [-0.2, -0.15) is 0 Å². The molecule has 0 spiro atoms. The number of carbonyl (C=O) groups is 3. The molecule has 1 saturated heterocycles. The molecule has 0 saturated carbocycles. The highest BCUT2D eigenvalue weighted by atomic mass is 16.5. The summed E-state index contributed by atoms with van der Waals surface area (Å²) in [5, 5.41) is 2.92. The minimum absolute atomic E-state index is 0.00436. The molecule has 6 nitrogen and oxygen atoms in total. The molecule has 2 aromatic rings. The Morgan fingerprint density at radius 3 is 2.50 bits per heavy atom. The summed E-state index contributed by atoms with van der Waals surface area (Å²) in [5.74, 6) is -0.636. The van der Waals surface area contributed by atoms with Crippen LogP contribution in [0.4, 0.5) is 5.69 Å². The second-order valence-corrected chi connectivity index (χ2v) is 7.05. The lowest BCUT2D eigenvalue weighted by atomic mass is 10.0. The van der Waals surface area contributed by atoms with Crippen molar-refractivity contribution in [2.75, 3.05) is 18.5 Å². The van der Waals surface area contributed by atoms with Gasteiger partial charge in [-0.25, -0.2) is 4.79 Å². The monoisotopic (exact) mass is 406 g/mol. The summed E-state index contributed by atoms with van der Waals surface area (Å²) in [6.45, 7) is 2.66. The number of likely N-dealkylation sites (tertiary alicyclic amines) is 1. The van der Waals surface area contributed by atoms with Crippen molar-refractivity contribution in [3.8, 4) is 0 Å². The highest BCUT2D eigenvalue weighted by Crippen LogP contribution is 2.27. The number of esters is 1. The average Bonchev–Trinajstić information content (AvgIpc) is 2.76. The molecule has 6 heteroatoms. The Balaban J connectivity index is 1.74. The maximum atomic E-state index is 13.1. The number of amides is 2. The van der Waals surface area contributed by atoms with Crippen molar-refractivity contribution in [1.29, 1.82) is 0 Å². The van der Waals surface area contributed by atoms with Crippen LogP contribution < -0.4 is 5.32 Å². The fourth-order valence-electron chi connectivity index (χ4n) is 3.45. The fourth-order valence-corrected chi connectivity index (χ4v) is 3.45. The lowest BCUT2D eigenvalue weighted by Gasteiger charge is -2.34. The van der Waals surface area contributed by atoms with Crippen molar-refractivity contribution >= 4 is 29.5 Å². The number of rotatable bonds is 7. The van der Waals surface area contributed by atoms with E-state index in [9.17, 15) is 14.4 Å². The van der Waals surface area contributed by atoms with E-state index < -0.39 is 12.0 Å². The number of nitrogens with one attached hydrogen (secondary N) is 1. The lowest BCUT2D eigenvalue weighted by molar-refractivity contribution is -0.141. The standard InChI is InChI=1S/C24H26N2O4/c1-2-30-22(28)16-13-18-11-14-20(15-12-18)25-24(29)23(19-8-4-3-5-9-19)26-17-7-6-10-21(26)27/h3-5,8-9,11-16,23H,2,6-7,10,17H2,1H3,(H,25,29)/b16-13+. The van der Waals surface area contributed by atoms with Crippen LogP contribution in [-0.4, -0.2) is 35.8 Å². The summed E-state index contributed by atoms with van der Waals surface area (Å²) < 4.78 is 4.86. The largest absolute Gasteiger partial charge is 0.463 e. The molecule has 2 amide bonds. The van der Waals surface area contributed by atoms with E-state index in [1.807, 2.05) is 30.3 Å². The molecule has 0 bridgehead atoms. The van der Waals surface area contributed by atoms with E-state index in [4.69, 9.17) is 4.74 Å². The first kappa shape index (κ1) is 21.3. The molecule has 156 valence electrons. The first-order valence-corrected chi connectivity index (χ1v) is 10.2. The number of carbonyl (C=O) groups excluding carboxylic acids is 3. The third-order valence-corrected chi connectivity index (χ3v) is 4.91. The topological polar surface area (TPSA) is 75.7 Å². The van der Waals surface area contributed by atoms with Crippen LogP contribution in [0.2, 0.25) is 0 Å². The maximum absolute atomic E-state index is 13.1. The van der Waals surface area contributed by atoms with E-state index in [0.717, 1.165) is 24.0 Å². The van der Waals surface area contributed by atoms with Gasteiger partial charge >= 0.3 is 5.97 Å². The summed E-state index contributed by atoms with van der Waals surface area (Å²) in [6, 6.07) is 15.8. The highest BCUT2D eigenvalue weighted by Gasteiger charge is 2.32. The summed E-state index contributed by atoms with van der Waals surface area (Å²) >= 11 is 0. The van der Waals surface area contributed by atoms with E-state index in [1.54, 1.807) is 42.2 Å². The van der Waals surface area contributed by atoms with Gasteiger partial charge < -0.3 is 15.0 Å². The van der Waals surface area contributed by atoms with Crippen LogP contribution >= 0.6 is 0 Å². The molecule has 1 aliphatic heterocycles. The number of piperidine rings is 1. The smallest absolute Gasteiger partial charge is 0.330 e. The van der Waals surface area contributed by atoms with Gasteiger partial charge in [0.25, 0.3) is 5.91 Å². The first-order valence-electron chi connectivity index (χ1n) is 10.2. The summed E-state index contributed by atoms with van der Waals surface area (Å²) in [6.07, 6.45) is 5.24. The second-order valence-electron chi connectivity index (χ2n) is 7.05. The zero-order valence-corrected chi connectivity index (χ0v) is 17.0. The van der Waals surface area contributed by atoms with E-state index in [0.29, 0.717) is 25.3 Å². The Kier molecular flexibility index (Phi) is 7.38. The van der Waals surface area contributed by atoms with Gasteiger partial charge in [0.15, 0.2) is 0 Å². The molecule has 1 fully saturated rings. The highest BCUT2D eigenvalue weighted by molar-refractivity contribution is 5.98. The molecule has 1 atom stereocenters. The van der Waals surface area contributed by atoms with Gasteiger partial charge in [-0.15, -0.1) is 0 Å². The number of benzene rings is 2. The van der Waals surface area contributed by atoms with Crippen molar-refractivity contribution in [2.45, 2.75) is 32.2 Å². The van der Waals surface area contributed by atoms with Gasteiger partial charge in [0, 0.05) is 24.7 Å². The molecule has 1 N–H and O–H groups in total. The van der Waals surface area contributed by atoms with Gasteiger partial charge in [-0.05, 0) is 49.1 Å². The van der Waals surface area contributed by atoms with Crippen LogP contribution in [0.1, 0.15) is 43.4 Å². The van der Waals surface area contributed by atoms with Crippen LogP contribution in [-0.2, 0) is 19.1 Å². The Bertz CT molecular complexity index is 907. The average molecular weight is 406 g/mol. The van der Waals surface area contributed by atoms with E-state index in [1.165, 1.54) is 6.08 Å². The predicted octanol–water partition coefficient (Wildman–Crippen LogP) is 3.96. The maximum Gasteiger partial charge on any atom is 0.330 e. The van der Waals surface area contributed by atoms with Crippen LogP contribution in [0, 0.1) is 0 Å². The van der Waals surface area contributed by atoms with Crippen molar-refractivity contribution in [2.24, 2.45) is 0 Å². The Labute approximate surface area is 176 Å². The number of anilines is 1. The number of nitrogens with zero attached hydrogens (tertiary/aromatic N) is 1. The van der Waals surface area contributed by atoms with Crippen LogP contribution in [0.5, 0.6) is 0 Å². The molecule has 30 heavy (non-hydrogen) atoms. The molecule has 1 aliphatic rings. The molecule has 3 rings (SSSR count). The summed E-state index contributed by atoms with van der Waals surface area (Å²) in [4.78, 5) is 38.7. The van der Waals surface area contributed by atoms with Gasteiger partial charge in [0.2, 0.25) is 5.91 Å². The molecular formula is C24H26N2O4. The Morgan fingerprint density at radius 2 is 1.83 bits per heavy atom. The van der Waals surface area contributed by atoms with Crippen molar-refractivity contribution < 1.29 is 19.1 Å². The van der Waals surface area contributed by atoms with E-state index in [2.05, 4.69) is 5.32 Å². The Morgan fingerprint density at radius 1 is 1.10 bits per heavy atom. The van der Waals surface area contributed by atoms with Gasteiger partial charge in [-0.1, -0.05) is 42.5 Å². The third kappa shape index (κ3) is 5.56. The minimum atomic E-state index is -0.664. The summed E-state index contributed by atoms with van der Waals surface area (Å²) in [5.41, 5.74) is 2.23. The van der Waals surface area contributed by atoms with Gasteiger partial charge in [-0.3, -0.25) is 9.59 Å². The van der Waals surface area contributed by atoms with Crippen molar-refractivity contribution in [1.82, 2.24) is 4.90 Å². The van der Waals surface area contributed by atoms with Gasteiger partial charge in [0.05, 0.1) is 6.61 Å². The molecule has 1 heterocycles. The van der Waals surface area contributed by atoms with Crippen molar-refractivity contribution in [3.63, 3.8) is 0 Å². The Hall–Kier alpha value is -3.41. The van der Waals surface area contributed by atoms with Gasteiger partial charge in [0.1, 0.15) is 6.04 Å².